The monoisotopic (exact) mass is 295 g/mol. The zero-order chi connectivity index (χ0) is 15.5. The average Bonchev–Trinajstić information content (AvgIpc) is 2.54. The number of anilines is 3. The Balaban J connectivity index is 1.90. The molecule has 4 nitrogen and oxygen atoms in total. The molecule has 2 aromatic carbocycles. The minimum absolute atomic E-state index is 0.0464. The lowest BCUT2D eigenvalue weighted by Crippen LogP contribution is -2.20. The second-order valence-corrected chi connectivity index (χ2v) is 5.73. The smallest absolute Gasteiger partial charge is 0.256 e. The van der Waals surface area contributed by atoms with Gasteiger partial charge in [-0.25, -0.2) is 0 Å². The fourth-order valence-corrected chi connectivity index (χ4v) is 2.88. The van der Waals surface area contributed by atoms with Gasteiger partial charge in [0.15, 0.2) is 0 Å². The predicted octanol–water partition coefficient (Wildman–Crippen LogP) is 3.36. The molecule has 2 aromatic rings. The number of hydrogen-bond donors (Lipinski definition) is 2. The number of nitrogens with zero attached hydrogens (tertiary/aromatic N) is 1. The summed E-state index contributed by atoms with van der Waals surface area (Å²) >= 11 is 0. The summed E-state index contributed by atoms with van der Waals surface area (Å²) in [7, 11) is 3.94. The van der Waals surface area contributed by atoms with Crippen molar-refractivity contribution in [2.24, 2.45) is 0 Å². The Bertz CT molecular complexity index is 694. The average molecular weight is 295 g/mol. The molecule has 0 bridgehead atoms. The van der Waals surface area contributed by atoms with Crippen LogP contribution in [0.25, 0.3) is 0 Å². The fourth-order valence-electron chi connectivity index (χ4n) is 2.88. The van der Waals surface area contributed by atoms with E-state index in [1.54, 1.807) is 0 Å². The maximum Gasteiger partial charge on any atom is 0.256 e. The summed E-state index contributed by atoms with van der Waals surface area (Å²) in [6, 6.07) is 13.7. The van der Waals surface area contributed by atoms with Gasteiger partial charge in [-0.15, -0.1) is 0 Å². The quantitative estimate of drug-likeness (QED) is 0.912. The first-order chi connectivity index (χ1) is 10.7. The summed E-state index contributed by atoms with van der Waals surface area (Å²) in [5.41, 5.74) is 4.80. The van der Waals surface area contributed by atoms with Gasteiger partial charge in [0.25, 0.3) is 5.91 Å². The lowest BCUT2D eigenvalue weighted by Gasteiger charge is -2.22. The van der Waals surface area contributed by atoms with Gasteiger partial charge in [0.2, 0.25) is 0 Å². The van der Waals surface area contributed by atoms with E-state index in [4.69, 9.17) is 0 Å². The van der Waals surface area contributed by atoms with Crippen molar-refractivity contribution in [2.75, 3.05) is 36.2 Å². The molecule has 2 N–H and O–H groups in total. The zero-order valence-electron chi connectivity index (χ0n) is 13.0. The minimum atomic E-state index is -0.0464. The normalized spacial score (nSPS) is 13.0. The molecule has 0 spiro atoms. The van der Waals surface area contributed by atoms with Gasteiger partial charge in [0, 0.05) is 31.9 Å². The maximum atomic E-state index is 12.7. The van der Waals surface area contributed by atoms with Crippen LogP contribution < -0.4 is 15.5 Å². The Kier molecular flexibility index (Phi) is 4.00. The van der Waals surface area contributed by atoms with Gasteiger partial charge in [-0.2, -0.15) is 0 Å². The molecule has 1 aliphatic heterocycles. The van der Waals surface area contributed by atoms with Crippen molar-refractivity contribution < 1.29 is 4.79 Å². The highest BCUT2D eigenvalue weighted by molar-refractivity contribution is 6.07. The van der Waals surface area contributed by atoms with Crippen molar-refractivity contribution in [1.82, 2.24) is 0 Å². The molecule has 0 fully saturated rings. The van der Waals surface area contributed by atoms with E-state index >= 15 is 0 Å². The number of carbonyl (C=O) groups is 1. The summed E-state index contributed by atoms with van der Waals surface area (Å²) in [6.45, 7) is 0.974. The van der Waals surface area contributed by atoms with E-state index in [9.17, 15) is 4.79 Å². The number of fused-ring (bicyclic) bond motifs is 1. The Hall–Kier alpha value is -2.49. The third-order valence-corrected chi connectivity index (χ3v) is 3.97. The third-order valence-electron chi connectivity index (χ3n) is 3.97. The molecule has 1 heterocycles. The molecule has 0 radical (unpaired) electrons. The van der Waals surface area contributed by atoms with Gasteiger partial charge in [0.1, 0.15) is 0 Å². The number of amides is 1. The van der Waals surface area contributed by atoms with E-state index in [-0.39, 0.29) is 5.91 Å². The second-order valence-electron chi connectivity index (χ2n) is 5.73. The van der Waals surface area contributed by atoms with Crippen molar-refractivity contribution >= 4 is 23.0 Å². The summed E-state index contributed by atoms with van der Waals surface area (Å²) < 4.78 is 0. The van der Waals surface area contributed by atoms with Gasteiger partial charge in [0.05, 0.1) is 11.4 Å². The highest BCUT2D eigenvalue weighted by Gasteiger charge is 2.18. The Morgan fingerprint density at radius 1 is 1.14 bits per heavy atom. The van der Waals surface area contributed by atoms with Gasteiger partial charge in [-0.1, -0.05) is 18.2 Å². The van der Waals surface area contributed by atoms with Crippen LogP contribution in [0.1, 0.15) is 22.3 Å². The van der Waals surface area contributed by atoms with Crippen LogP contribution in [0.3, 0.4) is 0 Å². The van der Waals surface area contributed by atoms with E-state index in [0.717, 1.165) is 47.6 Å². The van der Waals surface area contributed by atoms with Gasteiger partial charge in [-0.05, 0) is 42.7 Å². The SMILES string of the molecule is CN(C)c1ccccc1NC(=O)c1cccc2c1CCCN2. The molecule has 0 aromatic heterocycles. The molecule has 1 amide bonds. The summed E-state index contributed by atoms with van der Waals surface area (Å²) in [5, 5.41) is 6.41. The van der Waals surface area contributed by atoms with Crippen LogP contribution >= 0.6 is 0 Å². The zero-order valence-corrected chi connectivity index (χ0v) is 13.0. The molecule has 114 valence electrons. The number of hydrogen-bond acceptors (Lipinski definition) is 3. The standard InChI is InChI=1S/C18H21N3O/c1-21(2)17-11-4-3-9-16(17)20-18(22)14-7-5-10-15-13(14)8-6-12-19-15/h3-5,7,9-11,19H,6,8,12H2,1-2H3,(H,20,22). The minimum Gasteiger partial charge on any atom is -0.385 e. The summed E-state index contributed by atoms with van der Waals surface area (Å²) in [4.78, 5) is 14.7. The van der Waals surface area contributed by atoms with Gasteiger partial charge in [-0.3, -0.25) is 4.79 Å². The summed E-state index contributed by atoms with van der Waals surface area (Å²) in [5.74, 6) is -0.0464. The van der Waals surface area contributed by atoms with Gasteiger partial charge >= 0.3 is 0 Å². The fraction of sp³-hybridized carbons (Fsp3) is 0.278. The van der Waals surface area contributed by atoms with Crippen LogP contribution in [0.4, 0.5) is 17.1 Å². The predicted molar refractivity (Wildman–Crippen MR) is 92.0 cm³/mol. The Morgan fingerprint density at radius 2 is 1.95 bits per heavy atom. The van der Waals surface area contributed by atoms with Crippen LogP contribution in [0.15, 0.2) is 42.5 Å². The van der Waals surface area contributed by atoms with Crippen LogP contribution in [0, 0.1) is 0 Å². The van der Waals surface area contributed by atoms with Crippen LogP contribution in [-0.2, 0) is 6.42 Å². The molecular weight excluding hydrogens is 274 g/mol. The topological polar surface area (TPSA) is 44.4 Å². The van der Waals surface area contributed by atoms with Crippen molar-refractivity contribution in [3.8, 4) is 0 Å². The molecule has 1 aliphatic rings. The number of para-hydroxylation sites is 2. The van der Waals surface area contributed by atoms with E-state index in [0.29, 0.717) is 0 Å². The number of benzene rings is 2. The molecule has 0 aliphatic carbocycles. The largest absolute Gasteiger partial charge is 0.385 e. The van der Waals surface area contributed by atoms with Crippen molar-refractivity contribution in [2.45, 2.75) is 12.8 Å². The van der Waals surface area contributed by atoms with E-state index in [1.165, 1.54) is 0 Å². The van der Waals surface area contributed by atoms with Gasteiger partial charge < -0.3 is 15.5 Å². The van der Waals surface area contributed by atoms with Crippen molar-refractivity contribution in [3.63, 3.8) is 0 Å². The molecule has 0 saturated heterocycles. The number of nitrogens with one attached hydrogen (secondary N) is 2. The summed E-state index contributed by atoms with van der Waals surface area (Å²) in [6.07, 6.45) is 2.01. The lowest BCUT2D eigenvalue weighted by atomic mass is 9.97. The van der Waals surface area contributed by atoms with Crippen LogP contribution in [0.5, 0.6) is 0 Å². The first-order valence-electron chi connectivity index (χ1n) is 7.60. The van der Waals surface area contributed by atoms with Crippen molar-refractivity contribution in [1.29, 1.82) is 0 Å². The molecule has 22 heavy (non-hydrogen) atoms. The number of carbonyl (C=O) groups excluding carboxylic acids is 1. The second kappa shape index (κ2) is 6.10. The molecule has 0 unspecified atom stereocenters. The van der Waals surface area contributed by atoms with E-state index in [2.05, 4.69) is 10.6 Å². The highest BCUT2D eigenvalue weighted by atomic mass is 16.1. The molecule has 4 heteroatoms. The number of rotatable bonds is 3. The molecule has 0 saturated carbocycles. The first kappa shape index (κ1) is 14.4. The molecule has 0 atom stereocenters. The van der Waals surface area contributed by atoms with Crippen molar-refractivity contribution in [3.05, 3.63) is 53.6 Å². The van der Waals surface area contributed by atoms with Crippen LogP contribution in [-0.4, -0.2) is 26.5 Å². The van der Waals surface area contributed by atoms with E-state index < -0.39 is 0 Å². The molecular formula is C18H21N3O. The van der Waals surface area contributed by atoms with Crippen LogP contribution in [0.2, 0.25) is 0 Å². The molecule has 3 rings (SSSR count). The Morgan fingerprint density at radius 3 is 2.77 bits per heavy atom. The highest BCUT2D eigenvalue weighted by Crippen LogP contribution is 2.28. The van der Waals surface area contributed by atoms with E-state index in [1.807, 2.05) is 61.5 Å². The Labute approximate surface area is 131 Å². The lowest BCUT2D eigenvalue weighted by molar-refractivity contribution is 0.102. The third kappa shape index (κ3) is 2.77. The maximum absolute atomic E-state index is 12.7. The first-order valence-corrected chi connectivity index (χ1v) is 7.60.